The van der Waals surface area contributed by atoms with Crippen LogP contribution >= 0.6 is 0 Å². The van der Waals surface area contributed by atoms with E-state index in [2.05, 4.69) is 31.7 Å². The zero-order valence-electron chi connectivity index (χ0n) is 13.5. The molecule has 2 nitrogen and oxygen atoms in total. The summed E-state index contributed by atoms with van der Waals surface area (Å²) in [7, 11) is 0. The Morgan fingerprint density at radius 3 is 2.52 bits per heavy atom. The standard InChI is InChI=1S/C21H20N2/c1-4-9-19-17(5-2)18-14-15(3)12-13-20(18)23(19)21(22)16-10-7-6-8-11-16/h4-14,22H,2H2,1,3H3/b9-4-,22-21?. The van der Waals surface area contributed by atoms with Gasteiger partial charge < -0.3 is 0 Å². The average Bonchev–Trinajstić information content (AvgIpc) is 2.87. The highest BCUT2D eigenvalue weighted by molar-refractivity contribution is 6.08. The summed E-state index contributed by atoms with van der Waals surface area (Å²) in [5.74, 6) is 0.473. The Morgan fingerprint density at radius 2 is 1.87 bits per heavy atom. The van der Waals surface area contributed by atoms with Gasteiger partial charge in [-0.15, -0.1) is 0 Å². The first-order chi connectivity index (χ1) is 11.2. The van der Waals surface area contributed by atoms with Crippen molar-refractivity contribution in [2.45, 2.75) is 13.8 Å². The quantitative estimate of drug-likeness (QED) is 0.489. The van der Waals surface area contributed by atoms with Crippen LogP contribution in [0, 0.1) is 12.3 Å². The number of allylic oxidation sites excluding steroid dienone is 1. The highest BCUT2D eigenvalue weighted by Crippen LogP contribution is 2.30. The topological polar surface area (TPSA) is 28.8 Å². The normalized spacial score (nSPS) is 11.2. The third kappa shape index (κ3) is 2.53. The number of nitrogens with zero attached hydrogens (tertiary/aromatic N) is 1. The van der Waals surface area contributed by atoms with E-state index in [4.69, 9.17) is 5.41 Å². The molecular formula is C21H20N2. The molecule has 1 N–H and O–H groups in total. The lowest BCUT2D eigenvalue weighted by Crippen LogP contribution is -2.13. The number of fused-ring (bicyclic) bond motifs is 1. The first-order valence-corrected chi connectivity index (χ1v) is 7.72. The van der Waals surface area contributed by atoms with Gasteiger partial charge >= 0.3 is 0 Å². The van der Waals surface area contributed by atoms with E-state index in [1.54, 1.807) is 0 Å². The Morgan fingerprint density at radius 1 is 1.13 bits per heavy atom. The van der Waals surface area contributed by atoms with Gasteiger partial charge in [0.2, 0.25) is 0 Å². The van der Waals surface area contributed by atoms with Crippen LogP contribution in [0.2, 0.25) is 0 Å². The number of benzene rings is 2. The van der Waals surface area contributed by atoms with E-state index < -0.39 is 0 Å². The van der Waals surface area contributed by atoms with Crippen molar-refractivity contribution >= 4 is 28.9 Å². The third-order valence-electron chi connectivity index (χ3n) is 4.00. The molecule has 0 aliphatic rings. The van der Waals surface area contributed by atoms with Crippen molar-refractivity contribution < 1.29 is 0 Å². The summed E-state index contributed by atoms with van der Waals surface area (Å²) in [4.78, 5) is 0. The molecule has 114 valence electrons. The fourth-order valence-electron chi connectivity index (χ4n) is 2.95. The van der Waals surface area contributed by atoms with E-state index >= 15 is 0 Å². The molecule has 2 aromatic carbocycles. The molecule has 0 fully saturated rings. The molecule has 1 heterocycles. The minimum absolute atomic E-state index is 0.473. The predicted molar refractivity (Wildman–Crippen MR) is 100 cm³/mol. The summed E-state index contributed by atoms with van der Waals surface area (Å²) in [5.41, 5.74) is 5.20. The maximum Gasteiger partial charge on any atom is 0.137 e. The van der Waals surface area contributed by atoms with E-state index in [9.17, 15) is 0 Å². The molecule has 0 atom stereocenters. The van der Waals surface area contributed by atoms with Crippen LogP contribution in [0.15, 0.2) is 61.2 Å². The molecule has 3 rings (SSSR count). The maximum atomic E-state index is 8.71. The van der Waals surface area contributed by atoms with Crippen LogP contribution < -0.4 is 0 Å². The van der Waals surface area contributed by atoms with Gasteiger partial charge in [0.25, 0.3) is 0 Å². The zero-order valence-corrected chi connectivity index (χ0v) is 13.5. The predicted octanol–water partition coefficient (Wildman–Crippen LogP) is 5.50. The van der Waals surface area contributed by atoms with Gasteiger partial charge in [-0.3, -0.25) is 9.98 Å². The van der Waals surface area contributed by atoms with Crippen molar-refractivity contribution in [1.29, 1.82) is 5.41 Å². The summed E-state index contributed by atoms with van der Waals surface area (Å²) < 4.78 is 2.00. The molecule has 0 bridgehead atoms. The molecule has 0 saturated heterocycles. The fraction of sp³-hybridized carbons (Fsp3) is 0.0952. The van der Waals surface area contributed by atoms with Crippen molar-refractivity contribution in [2.24, 2.45) is 0 Å². The van der Waals surface area contributed by atoms with Crippen LogP contribution in [0.3, 0.4) is 0 Å². The molecular weight excluding hydrogens is 280 g/mol. The zero-order chi connectivity index (χ0) is 16.4. The van der Waals surface area contributed by atoms with Crippen molar-refractivity contribution in [3.05, 3.63) is 83.6 Å². The van der Waals surface area contributed by atoms with Gasteiger partial charge in [0.1, 0.15) is 5.84 Å². The summed E-state index contributed by atoms with van der Waals surface area (Å²) in [6.07, 6.45) is 5.93. The van der Waals surface area contributed by atoms with Crippen molar-refractivity contribution in [1.82, 2.24) is 4.57 Å². The lowest BCUT2D eigenvalue weighted by Gasteiger charge is -2.11. The highest BCUT2D eigenvalue weighted by Gasteiger charge is 2.17. The maximum absolute atomic E-state index is 8.71. The average molecular weight is 300 g/mol. The van der Waals surface area contributed by atoms with Crippen molar-refractivity contribution in [2.75, 3.05) is 0 Å². The van der Waals surface area contributed by atoms with E-state index in [0.717, 1.165) is 27.7 Å². The number of hydrogen-bond acceptors (Lipinski definition) is 1. The molecule has 0 unspecified atom stereocenters. The lowest BCUT2D eigenvalue weighted by molar-refractivity contribution is 1.15. The first kappa shape index (κ1) is 15.0. The van der Waals surface area contributed by atoms with Gasteiger partial charge in [-0.05, 0) is 32.1 Å². The molecule has 0 aliphatic carbocycles. The number of hydrogen-bond donors (Lipinski definition) is 1. The Bertz CT molecular complexity index is 912. The van der Waals surface area contributed by atoms with E-state index in [1.165, 1.54) is 5.56 Å². The largest absolute Gasteiger partial charge is 0.294 e. The molecule has 0 saturated carbocycles. The second kappa shape index (κ2) is 6.09. The molecule has 0 radical (unpaired) electrons. The van der Waals surface area contributed by atoms with Gasteiger partial charge in [-0.2, -0.15) is 0 Å². The first-order valence-electron chi connectivity index (χ1n) is 7.72. The van der Waals surface area contributed by atoms with Gasteiger partial charge in [-0.25, -0.2) is 0 Å². The van der Waals surface area contributed by atoms with Gasteiger partial charge in [0.05, 0.1) is 11.2 Å². The molecule has 1 aromatic heterocycles. The minimum atomic E-state index is 0.473. The van der Waals surface area contributed by atoms with Gasteiger partial charge in [0, 0.05) is 16.5 Å². The number of nitrogens with one attached hydrogen (secondary N) is 1. The van der Waals surface area contributed by atoms with Crippen LogP contribution in [0.5, 0.6) is 0 Å². The van der Waals surface area contributed by atoms with Gasteiger partial charge in [-0.1, -0.05) is 60.7 Å². The minimum Gasteiger partial charge on any atom is -0.294 e. The smallest absolute Gasteiger partial charge is 0.137 e. The Balaban J connectivity index is 2.37. The summed E-state index contributed by atoms with van der Waals surface area (Å²) in [6, 6.07) is 16.2. The molecule has 0 spiro atoms. The highest BCUT2D eigenvalue weighted by atomic mass is 15.0. The van der Waals surface area contributed by atoms with Crippen LogP contribution in [0.1, 0.15) is 29.3 Å². The Hall–Kier alpha value is -2.87. The van der Waals surface area contributed by atoms with Crippen molar-refractivity contribution in [3.8, 4) is 0 Å². The van der Waals surface area contributed by atoms with E-state index in [1.807, 2.05) is 60.1 Å². The summed E-state index contributed by atoms with van der Waals surface area (Å²) >= 11 is 0. The monoisotopic (exact) mass is 300 g/mol. The van der Waals surface area contributed by atoms with Crippen LogP contribution in [0.4, 0.5) is 0 Å². The number of aryl methyl sites for hydroxylation is 1. The van der Waals surface area contributed by atoms with E-state index in [-0.39, 0.29) is 0 Å². The lowest BCUT2D eigenvalue weighted by atomic mass is 10.1. The Labute approximate surface area is 136 Å². The van der Waals surface area contributed by atoms with Crippen LogP contribution in [-0.4, -0.2) is 10.4 Å². The second-order valence-electron chi connectivity index (χ2n) is 5.57. The van der Waals surface area contributed by atoms with Gasteiger partial charge in [0.15, 0.2) is 0 Å². The molecule has 2 heteroatoms. The second-order valence-corrected chi connectivity index (χ2v) is 5.57. The molecule has 0 aliphatic heterocycles. The van der Waals surface area contributed by atoms with Crippen LogP contribution in [-0.2, 0) is 0 Å². The van der Waals surface area contributed by atoms with Crippen molar-refractivity contribution in [3.63, 3.8) is 0 Å². The number of rotatable bonds is 3. The van der Waals surface area contributed by atoms with Crippen LogP contribution in [0.25, 0.3) is 23.1 Å². The Kier molecular flexibility index (Phi) is 3.98. The fourth-order valence-corrected chi connectivity index (χ4v) is 2.95. The molecule has 0 amide bonds. The number of aromatic nitrogens is 1. The SMILES string of the molecule is C=Cc1c(/C=C\C)n(C(=N)c2ccccc2)c2ccc(C)cc12. The summed E-state index contributed by atoms with van der Waals surface area (Å²) in [5, 5.41) is 9.84. The third-order valence-corrected chi connectivity index (χ3v) is 4.00. The molecule has 3 aromatic rings. The molecule has 23 heavy (non-hydrogen) atoms. The van der Waals surface area contributed by atoms with E-state index in [0.29, 0.717) is 5.84 Å². The summed E-state index contributed by atoms with van der Waals surface area (Å²) in [6.45, 7) is 8.06.